The Morgan fingerprint density at radius 2 is 1.50 bits per heavy atom. The summed E-state index contributed by atoms with van der Waals surface area (Å²) < 4.78 is 25.7. The summed E-state index contributed by atoms with van der Waals surface area (Å²) >= 11 is 0. The Morgan fingerprint density at radius 1 is 0.846 bits per heavy atom. The Labute approximate surface area is 149 Å². The fourth-order valence-corrected chi connectivity index (χ4v) is 2.26. The van der Waals surface area contributed by atoms with Crippen LogP contribution in [0.5, 0.6) is 0 Å². The van der Waals surface area contributed by atoms with E-state index in [9.17, 15) is 13.6 Å². The highest BCUT2D eigenvalue weighted by molar-refractivity contribution is 5.92. The first-order valence-corrected chi connectivity index (χ1v) is 7.99. The third-order valence-electron chi connectivity index (χ3n) is 3.63. The van der Waals surface area contributed by atoms with E-state index in [0.29, 0.717) is 24.5 Å². The van der Waals surface area contributed by atoms with Crippen LogP contribution >= 0.6 is 0 Å². The fourth-order valence-electron chi connectivity index (χ4n) is 2.26. The molecule has 0 aliphatic heterocycles. The highest BCUT2D eigenvalue weighted by Gasteiger charge is 2.08. The molecule has 2 aromatic carbocycles. The number of nitrogens with zero attached hydrogens (tertiary/aromatic N) is 2. The van der Waals surface area contributed by atoms with Crippen LogP contribution in [0.2, 0.25) is 0 Å². The van der Waals surface area contributed by atoms with Crippen LogP contribution in [-0.2, 0) is 6.42 Å². The molecular weight excluding hydrogens is 338 g/mol. The minimum Gasteiger partial charge on any atom is -0.350 e. The lowest BCUT2D eigenvalue weighted by atomic mass is 10.1. The van der Waals surface area contributed by atoms with Gasteiger partial charge in [-0.05, 0) is 60.5 Å². The quantitative estimate of drug-likeness (QED) is 0.711. The lowest BCUT2D eigenvalue weighted by molar-refractivity contribution is 0.0948. The van der Waals surface area contributed by atoms with Crippen molar-refractivity contribution in [2.75, 3.05) is 11.9 Å². The summed E-state index contributed by atoms with van der Waals surface area (Å²) in [7, 11) is 0. The molecule has 5 nitrogen and oxygen atoms in total. The first-order chi connectivity index (χ1) is 12.6. The van der Waals surface area contributed by atoms with Crippen LogP contribution in [0.15, 0.2) is 60.7 Å². The topological polar surface area (TPSA) is 66.9 Å². The molecule has 0 aliphatic rings. The van der Waals surface area contributed by atoms with Crippen molar-refractivity contribution in [3.8, 4) is 0 Å². The number of carbonyl (C=O) groups excluding carboxylic acids is 1. The van der Waals surface area contributed by atoms with E-state index < -0.39 is 0 Å². The summed E-state index contributed by atoms with van der Waals surface area (Å²) in [5.74, 6) is -0.510. The van der Waals surface area contributed by atoms with Crippen LogP contribution in [0.25, 0.3) is 0 Å². The molecule has 3 rings (SSSR count). The molecule has 0 saturated heterocycles. The predicted molar refractivity (Wildman–Crippen MR) is 94.2 cm³/mol. The Kier molecular flexibility index (Phi) is 5.48. The summed E-state index contributed by atoms with van der Waals surface area (Å²) in [5, 5.41) is 13.5. The van der Waals surface area contributed by atoms with Gasteiger partial charge in [0.1, 0.15) is 11.6 Å². The molecule has 0 bridgehead atoms. The van der Waals surface area contributed by atoms with Crippen molar-refractivity contribution < 1.29 is 13.6 Å². The monoisotopic (exact) mass is 354 g/mol. The van der Waals surface area contributed by atoms with Gasteiger partial charge in [0.15, 0.2) is 11.5 Å². The van der Waals surface area contributed by atoms with Crippen molar-refractivity contribution in [3.05, 3.63) is 83.6 Å². The molecule has 0 spiro atoms. The van der Waals surface area contributed by atoms with Crippen molar-refractivity contribution in [2.24, 2.45) is 0 Å². The molecular formula is C19H16F2N4O. The van der Waals surface area contributed by atoms with E-state index in [1.807, 2.05) is 0 Å². The minimum atomic E-state index is -0.340. The SMILES string of the molecule is O=C(NCCc1ccc(F)cc1)c1ccc(Nc2ccc(F)cc2)nn1. The van der Waals surface area contributed by atoms with Gasteiger partial charge in [0.2, 0.25) is 0 Å². The van der Waals surface area contributed by atoms with Gasteiger partial charge in [-0.15, -0.1) is 10.2 Å². The van der Waals surface area contributed by atoms with Crippen LogP contribution in [0.1, 0.15) is 16.1 Å². The first kappa shape index (κ1) is 17.5. The van der Waals surface area contributed by atoms with Crippen molar-refractivity contribution in [1.82, 2.24) is 15.5 Å². The molecule has 7 heteroatoms. The first-order valence-electron chi connectivity index (χ1n) is 7.99. The third kappa shape index (κ3) is 4.83. The van der Waals surface area contributed by atoms with Gasteiger partial charge in [-0.3, -0.25) is 4.79 Å². The van der Waals surface area contributed by atoms with Gasteiger partial charge in [0.25, 0.3) is 5.91 Å². The second-order valence-electron chi connectivity index (χ2n) is 5.57. The molecule has 0 radical (unpaired) electrons. The van der Waals surface area contributed by atoms with Crippen molar-refractivity contribution >= 4 is 17.4 Å². The van der Waals surface area contributed by atoms with Crippen molar-refractivity contribution in [3.63, 3.8) is 0 Å². The predicted octanol–water partition coefficient (Wildman–Crippen LogP) is 3.47. The van der Waals surface area contributed by atoms with Crippen LogP contribution in [0, 0.1) is 11.6 Å². The van der Waals surface area contributed by atoms with Crippen molar-refractivity contribution in [1.29, 1.82) is 0 Å². The highest BCUT2D eigenvalue weighted by atomic mass is 19.1. The molecule has 2 N–H and O–H groups in total. The summed E-state index contributed by atoms with van der Waals surface area (Å²) in [6.45, 7) is 0.404. The second kappa shape index (κ2) is 8.15. The van der Waals surface area contributed by atoms with Gasteiger partial charge < -0.3 is 10.6 Å². The summed E-state index contributed by atoms with van der Waals surface area (Å²) in [6, 6.07) is 15.1. The van der Waals surface area contributed by atoms with Gasteiger partial charge in [-0.2, -0.15) is 0 Å². The number of hydrogen-bond acceptors (Lipinski definition) is 4. The number of amides is 1. The van der Waals surface area contributed by atoms with Gasteiger partial charge in [-0.1, -0.05) is 12.1 Å². The average Bonchev–Trinajstić information content (AvgIpc) is 2.66. The van der Waals surface area contributed by atoms with Crippen LogP contribution in [0.4, 0.5) is 20.3 Å². The normalized spacial score (nSPS) is 10.4. The van der Waals surface area contributed by atoms with E-state index in [0.717, 1.165) is 5.56 Å². The fraction of sp³-hybridized carbons (Fsp3) is 0.105. The number of carbonyl (C=O) groups is 1. The van der Waals surface area contributed by atoms with Crippen LogP contribution in [-0.4, -0.2) is 22.6 Å². The minimum absolute atomic E-state index is 0.189. The molecule has 132 valence electrons. The number of rotatable bonds is 6. The van der Waals surface area contributed by atoms with Crippen LogP contribution in [0.3, 0.4) is 0 Å². The van der Waals surface area contributed by atoms with E-state index in [1.54, 1.807) is 36.4 Å². The van der Waals surface area contributed by atoms with Gasteiger partial charge in [-0.25, -0.2) is 8.78 Å². The van der Waals surface area contributed by atoms with Gasteiger partial charge in [0, 0.05) is 12.2 Å². The van der Waals surface area contributed by atoms with E-state index in [4.69, 9.17) is 0 Å². The summed E-state index contributed by atoms with van der Waals surface area (Å²) in [4.78, 5) is 12.1. The summed E-state index contributed by atoms with van der Waals surface area (Å²) in [5.41, 5.74) is 1.78. The number of benzene rings is 2. The van der Waals surface area contributed by atoms with E-state index >= 15 is 0 Å². The number of hydrogen-bond donors (Lipinski definition) is 2. The Bertz CT molecular complexity index is 866. The van der Waals surface area contributed by atoms with E-state index in [2.05, 4.69) is 20.8 Å². The third-order valence-corrected chi connectivity index (χ3v) is 3.63. The van der Waals surface area contributed by atoms with Crippen LogP contribution < -0.4 is 10.6 Å². The van der Waals surface area contributed by atoms with Crippen molar-refractivity contribution in [2.45, 2.75) is 6.42 Å². The lowest BCUT2D eigenvalue weighted by Gasteiger charge is -2.07. The second-order valence-corrected chi connectivity index (χ2v) is 5.57. The molecule has 3 aromatic rings. The molecule has 0 fully saturated rings. The average molecular weight is 354 g/mol. The standard InChI is InChI=1S/C19H16F2N4O/c20-14-3-1-13(2-4-14)11-12-22-19(26)17-9-10-18(25-24-17)23-16-7-5-15(21)6-8-16/h1-10H,11-12H2,(H,22,26)(H,23,25). The zero-order chi connectivity index (χ0) is 18.4. The number of aromatic nitrogens is 2. The molecule has 0 saturated carbocycles. The largest absolute Gasteiger partial charge is 0.350 e. The smallest absolute Gasteiger partial charge is 0.271 e. The summed E-state index contributed by atoms with van der Waals surface area (Å²) in [6.07, 6.45) is 0.587. The van der Waals surface area contributed by atoms with Gasteiger partial charge >= 0.3 is 0 Å². The zero-order valence-electron chi connectivity index (χ0n) is 13.7. The number of halogens is 2. The maximum atomic E-state index is 12.9. The molecule has 0 atom stereocenters. The number of anilines is 2. The molecule has 0 unspecified atom stereocenters. The highest BCUT2D eigenvalue weighted by Crippen LogP contribution is 2.14. The maximum Gasteiger partial charge on any atom is 0.271 e. The Hall–Kier alpha value is -3.35. The van der Waals surface area contributed by atoms with E-state index in [1.165, 1.54) is 24.3 Å². The zero-order valence-corrected chi connectivity index (χ0v) is 13.7. The molecule has 0 aliphatic carbocycles. The lowest BCUT2D eigenvalue weighted by Crippen LogP contribution is -2.26. The maximum absolute atomic E-state index is 12.9. The van der Waals surface area contributed by atoms with Gasteiger partial charge in [0.05, 0.1) is 0 Å². The Morgan fingerprint density at radius 3 is 2.12 bits per heavy atom. The molecule has 1 aromatic heterocycles. The molecule has 26 heavy (non-hydrogen) atoms. The molecule has 1 heterocycles. The number of nitrogens with one attached hydrogen (secondary N) is 2. The Balaban J connectivity index is 1.51. The molecule has 1 amide bonds. The van der Waals surface area contributed by atoms with E-state index in [-0.39, 0.29) is 23.2 Å².